The first-order valence-electron chi connectivity index (χ1n) is 10.3. The molecule has 2 aromatic carbocycles. The summed E-state index contributed by atoms with van der Waals surface area (Å²) < 4.78 is 0. The molecule has 0 saturated carbocycles. The fourth-order valence-corrected chi connectivity index (χ4v) is 2.47. The van der Waals surface area contributed by atoms with Gasteiger partial charge in [-0.15, -0.1) is 23.2 Å². The van der Waals surface area contributed by atoms with Crippen LogP contribution in [-0.4, -0.2) is 44.7 Å². The van der Waals surface area contributed by atoms with E-state index in [0.717, 1.165) is 5.56 Å². The quantitative estimate of drug-likeness (QED) is 0.166. The molecule has 1 amide bonds. The molecule has 11 heteroatoms. The molecule has 0 radical (unpaired) electrons. The Balaban J connectivity index is 0.000000567. The second-order valence-corrected chi connectivity index (χ2v) is 8.39. The number of anilines is 2. The summed E-state index contributed by atoms with van der Waals surface area (Å²) >= 11 is 14.9. The molecule has 2 rings (SSSR count). The molecule has 8 nitrogen and oxygen atoms in total. The van der Waals surface area contributed by atoms with Gasteiger partial charge < -0.3 is 21.3 Å². The number of benzene rings is 2. The highest BCUT2D eigenvalue weighted by Gasteiger charge is 2.13. The highest BCUT2D eigenvalue weighted by Crippen LogP contribution is 2.28. The van der Waals surface area contributed by atoms with Crippen molar-refractivity contribution in [3.8, 4) is 11.5 Å². The Bertz CT molecular complexity index is 1050. The molecule has 0 aliphatic heterocycles. The third kappa shape index (κ3) is 11.9. The van der Waals surface area contributed by atoms with E-state index in [2.05, 4.69) is 5.32 Å². The van der Waals surface area contributed by atoms with Crippen LogP contribution in [0, 0.1) is 0 Å². The van der Waals surface area contributed by atoms with Crippen LogP contribution in [0.25, 0.3) is 0 Å². The maximum atomic E-state index is 11.2. The van der Waals surface area contributed by atoms with Crippen LogP contribution in [0.4, 0.5) is 11.4 Å². The van der Waals surface area contributed by atoms with Gasteiger partial charge in [0.25, 0.3) is 0 Å². The molecule has 0 bridgehead atoms. The number of carbonyl (C=O) groups excluding carboxylic acids is 4. The number of aromatic hydroxyl groups is 2. The Morgan fingerprint density at radius 2 is 1.29 bits per heavy atom. The highest BCUT2D eigenvalue weighted by molar-refractivity contribution is 6.67. The maximum absolute atomic E-state index is 11.2. The van der Waals surface area contributed by atoms with E-state index < -0.39 is 11.1 Å². The topological polar surface area (TPSA) is 147 Å². The van der Waals surface area contributed by atoms with Crippen LogP contribution in [0.5, 0.6) is 11.5 Å². The molecule has 0 aliphatic rings. The van der Waals surface area contributed by atoms with Crippen molar-refractivity contribution in [3.63, 3.8) is 0 Å². The maximum Gasteiger partial charge on any atom is 0.239 e. The predicted molar refractivity (Wildman–Crippen MR) is 140 cm³/mol. The minimum Gasteiger partial charge on any atom is -0.506 e. The Labute approximate surface area is 219 Å². The molecule has 0 heterocycles. The Morgan fingerprint density at radius 3 is 1.63 bits per heavy atom. The first kappa shape index (κ1) is 32.2. The first-order chi connectivity index (χ1) is 16.2. The van der Waals surface area contributed by atoms with Gasteiger partial charge >= 0.3 is 0 Å². The molecule has 2 unspecified atom stereocenters. The number of alkyl halides is 2. The number of halogens is 3. The summed E-state index contributed by atoms with van der Waals surface area (Å²) in [6.07, 6.45) is 0. The standard InChI is InChI=1S/C12H14ClNO3.C10H13NO2.C2H2Cl2O/c1-7(8(2)15)9-3-4-10(11(16)5-9)14-12(17)6-13;1-6(7(2)12)8-3-4-9(11)10(13)5-8;3-1-2(4)5/h3-5,7,16H,6H2,1-2H3,(H,14,17);3-6,13H,11H2,1-2H3;1H2. The van der Waals surface area contributed by atoms with E-state index in [1.54, 1.807) is 38.1 Å². The molecule has 2 aromatic rings. The number of amides is 1. The molecule has 35 heavy (non-hydrogen) atoms. The molecule has 0 fully saturated rings. The number of nitrogens with one attached hydrogen (secondary N) is 1. The molecular formula is C24H29Cl3N2O6. The van der Waals surface area contributed by atoms with Gasteiger partial charge in [0, 0.05) is 11.8 Å². The Kier molecular flexibility index (Phi) is 14.7. The summed E-state index contributed by atoms with van der Waals surface area (Å²) in [7, 11) is 0. The van der Waals surface area contributed by atoms with E-state index in [0.29, 0.717) is 11.3 Å². The molecular weight excluding hydrogens is 519 g/mol. The zero-order valence-electron chi connectivity index (χ0n) is 19.8. The van der Waals surface area contributed by atoms with Crippen LogP contribution >= 0.6 is 34.8 Å². The lowest BCUT2D eigenvalue weighted by atomic mass is 9.97. The van der Waals surface area contributed by atoms with E-state index in [1.165, 1.54) is 26.0 Å². The van der Waals surface area contributed by atoms with Crippen molar-refractivity contribution in [2.45, 2.75) is 39.5 Å². The average Bonchev–Trinajstić information content (AvgIpc) is 2.81. The van der Waals surface area contributed by atoms with Gasteiger partial charge in [-0.3, -0.25) is 19.2 Å². The van der Waals surface area contributed by atoms with Gasteiger partial charge in [0.05, 0.1) is 17.3 Å². The number of ketones is 2. The van der Waals surface area contributed by atoms with Crippen LogP contribution in [-0.2, 0) is 19.2 Å². The second-order valence-electron chi connectivity index (χ2n) is 7.43. The second kappa shape index (κ2) is 16.0. The summed E-state index contributed by atoms with van der Waals surface area (Å²) in [4.78, 5) is 42.7. The monoisotopic (exact) mass is 546 g/mol. The Hall–Kier alpha value is -2.81. The van der Waals surface area contributed by atoms with Gasteiger partial charge in [-0.2, -0.15) is 0 Å². The zero-order valence-corrected chi connectivity index (χ0v) is 22.0. The summed E-state index contributed by atoms with van der Waals surface area (Å²) in [6, 6.07) is 9.59. The number of phenolic OH excluding ortho intramolecular Hbond substituents is 2. The summed E-state index contributed by atoms with van der Waals surface area (Å²) in [5.41, 5.74) is 7.55. The van der Waals surface area contributed by atoms with Crippen molar-refractivity contribution in [2.75, 3.05) is 22.8 Å². The number of rotatable bonds is 7. The van der Waals surface area contributed by atoms with Crippen molar-refractivity contribution in [3.05, 3.63) is 47.5 Å². The smallest absolute Gasteiger partial charge is 0.239 e. The zero-order chi connectivity index (χ0) is 27.3. The van der Waals surface area contributed by atoms with Gasteiger partial charge in [0.1, 0.15) is 28.9 Å². The van der Waals surface area contributed by atoms with Crippen molar-refractivity contribution in [1.82, 2.24) is 0 Å². The molecule has 0 aliphatic carbocycles. The number of hydrogen-bond donors (Lipinski definition) is 4. The third-order valence-electron chi connectivity index (χ3n) is 4.80. The van der Waals surface area contributed by atoms with Crippen LogP contribution in [0.2, 0.25) is 0 Å². The van der Waals surface area contributed by atoms with Crippen molar-refractivity contribution >= 4 is 68.9 Å². The van der Waals surface area contributed by atoms with Crippen LogP contribution in [0.3, 0.4) is 0 Å². The van der Waals surface area contributed by atoms with E-state index in [9.17, 15) is 29.4 Å². The number of Topliss-reactive ketones (excluding diaryl/α,β-unsaturated/α-hetero) is 2. The average molecular weight is 548 g/mol. The molecule has 0 aromatic heterocycles. The van der Waals surface area contributed by atoms with E-state index in [1.807, 2.05) is 0 Å². The summed E-state index contributed by atoms with van der Waals surface area (Å²) in [5, 5.41) is 20.9. The number of nitrogen functional groups attached to an aromatic ring is 1. The van der Waals surface area contributed by atoms with Crippen molar-refractivity contribution < 1.29 is 29.4 Å². The fourth-order valence-electron chi connectivity index (χ4n) is 2.41. The van der Waals surface area contributed by atoms with Crippen LogP contribution in [0.15, 0.2) is 36.4 Å². The third-order valence-corrected chi connectivity index (χ3v) is 5.55. The molecule has 0 saturated heterocycles. The van der Waals surface area contributed by atoms with Gasteiger partial charge in [0.2, 0.25) is 11.1 Å². The molecule has 5 N–H and O–H groups in total. The number of phenols is 2. The fraction of sp³-hybridized carbons (Fsp3) is 0.333. The SMILES string of the molecule is CC(=O)C(C)c1ccc(N)c(O)c1.CC(=O)C(C)c1ccc(NC(=O)CCl)c(O)c1.O=C(Cl)CCl. The van der Waals surface area contributed by atoms with E-state index in [4.69, 9.17) is 40.5 Å². The highest BCUT2D eigenvalue weighted by atomic mass is 35.5. The van der Waals surface area contributed by atoms with Crippen LogP contribution in [0.1, 0.15) is 50.7 Å². The summed E-state index contributed by atoms with van der Waals surface area (Å²) in [5.74, 6) is -1.09. The lowest BCUT2D eigenvalue weighted by Gasteiger charge is -2.11. The van der Waals surface area contributed by atoms with Gasteiger partial charge in [-0.05, 0) is 60.8 Å². The lowest BCUT2D eigenvalue weighted by molar-refractivity contribution is -0.118. The van der Waals surface area contributed by atoms with Crippen molar-refractivity contribution in [1.29, 1.82) is 0 Å². The van der Waals surface area contributed by atoms with E-state index in [-0.39, 0.29) is 52.3 Å². The first-order valence-corrected chi connectivity index (χ1v) is 11.7. The van der Waals surface area contributed by atoms with Crippen LogP contribution < -0.4 is 11.1 Å². The van der Waals surface area contributed by atoms with Gasteiger partial charge in [-0.25, -0.2) is 0 Å². The minimum absolute atomic E-state index is 0.0157. The number of nitrogens with two attached hydrogens (primary N) is 1. The predicted octanol–water partition coefficient (Wildman–Crippen LogP) is 4.92. The summed E-state index contributed by atoms with van der Waals surface area (Å²) in [6.45, 7) is 6.57. The van der Waals surface area contributed by atoms with E-state index >= 15 is 0 Å². The Morgan fingerprint density at radius 1 is 0.857 bits per heavy atom. The minimum atomic E-state index is -0.508. The molecule has 192 valence electrons. The number of hydrogen-bond acceptors (Lipinski definition) is 7. The molecule has 2 atom stereocenters. The van der Waals surface area contributed by atoms with Crippen molar-refractivity contribution in [2.24, 2.45) is 0 Å². The number of carbonyl (C=O) groups is 4. The lowest BCUT2D eigenvalue weighted by Crippen LogP contribution is -2.13. The molecule has 0 spiro atoms. The largest absolute Gasteiger partial charge is 0.506 e. The normalized spacial score (nSPS) is 11.5. The van der Waals surface area contributed by atoms with Gasteiger partial charge in [0.15, 0.2) is 0 Å². The van der Waals surface area contributed by atoms with Gasteiger partial charge in [-0.1, -0.05) is 26.0 Å².